The molecule has 0 unspecified atom stereocenters. The molecule has 3 rings (SSSR count). The van der Waals surface area contributed by atoms with Crippen molar-refractivity contribution in [1.29, 1.82) is 0 Å². The van der Waals surface area contributed by atoms with Crippen molar-refractivity contribution in [2.24, 2.45) is 0 Å². The van der Waals surface area contributed by atoms with E-state index in [0.29, 0.717) is 0 Å². The van der Waals surface area contributed by atoms with E-state index in [9.17, 15) is 23.9 Å². The van der Waals surface area contributed by atoms with Gasteiger partial charge < -0.3 is 25.8 Å². The lowest BCUT2D eigenvalue weighted by Gasteiger charge is -2.11. The highest BCUT2D eigenvalue weighted by molar-refractivity contribution is 6.10. The first-order valence-electron chi connectivity index (χ1n) is 7.72. The maximum Gasteiger partial charge on any atom is 0.335 e. The molecule has 1 heterocycles. The molecule has 0 spiro atoms. The van der Waals surface area contributed by atoms with Gasteiger partial charge >= 0.3 is 5.97 Å². The number of carboxylic acids is 1. The Labute approximate surface area is 151 Å². The van der Waals surface area contributed by atoms with Crippen molar-refractivity contribution in [3.05, 3.63) is 63.7 Å². The van der Waals surface area contributed by atoms with Crippen LogP contribution in [0.2, 0.25) is 0 Å². The van der Waals surface area contributed by atoms with Crippen LogP contribution < -0.4 is 16.2 Å². The molecule has 0 radical (unpaired) electrons. The van der Waals surface area contributed by atoms with Crippen molar-refractivity contribution in [3.8, 4) is 5.75 Å². The number of anilines is 2. The number of benzene rings is 2. The molecular weight excluding hydrogens is 357 g/mol. The van der Waals surface area contributed by atoms with Gasteiger partial charge in [-0.2, -0.15) is 0 Å². The van der Waals surface area contributed by atoms with E-state index >= 15 is 0 Å². The van der Waals surface area contributed by atoms with Gasteiger partial charge in [-0.25, -0.2) is 9.18 Å². The third kappa shape index (κ3) is 3.30. The number of rotatable bonds is 4. The van der Waals surface area contributed by atoms with Crippen molar-refractivity contribution >= 4 is 34.2 Å². The second kappa shape index (κ2) is 6.79. The van der Waals surface area contributed by atoms with Crippen molar-refractivity contribution < 1.29 is 24.2 Å². The van der Waals surface area contributed by atoms with Gasteiger partial charge in [-0.05, 0) is 36.4 Å². The number of aromatic hydroxyl groups is 1. The molecule has 8 nitrogen and oxygen atoms in total. The predicted octanol–water partition coefficient (Wildman–Crippen LogP) is 2.36. The number of aromatic nitrogens is 1. The summed E-state index contributed by atoms with van der Waals surface area (Å²) in [6.07, 6.45) is 0. The standard InChI is InChI=1S/C18H14FN3O5/c1-20-12-7-9(19)6-11-14(12)22-17(25)13(15(11)23)16(24)21-10-4-2-8(3-5-10)18(26)27/h2-7,20H,1H3,(H,21,24)(H,26,27)(H2,22,23,25). The summed E-state index contributed by atoms with van der Waals surface area (Å²) >= 11 is 0. The number of amides is 1. The van der Waals surface area contributed by atoms with Gasteiger partial charge in [0.1, 0.15) is 17.1 Å². The lowest BCUT2D eigenvalue weighted by molar-refractivity contribution is 0.0696. The van der Waals surface area contributed by atoms with E-state index in [2.05, 4.69) is 15.6 Å². The molecular formula is C18H14FN3O5. The molecule has 0 aliphatic heterocycles. The predicted molar refractivity (Wildman–Crippen MR) is 97.1 cm³/mol. The highest BCUT2D eigenvalue weighted by Crippen LogP contribution is 2.30. The van der Waals surface area contributed by atoms with E-state index < -0.39 is 34.6 Å². The summed E-state index contributed by atoms with van der Waals surface area (Å²) < 4.78 is 13.8. The third-order valence-corrected chi connectivity index (χ3v) is 3.95. The number of aromatic amines is 1. The number of nitrogens with one attached hydrogen (secondary N) is 3. The van der Waals surface area contributed by atoms with Crippen LogP contribution in [-0.2, 0) is 0 Å². The van der Waals surface area contributed by atoms with Crippen molar-refractivity contribution in [1.82, 2.24) is 4.98 Å². The molecule has 0 aliphatic carbocycles. The molecule has 9 heteroatoms. The Morgan fingerprint density at radius 1 is 1.15 bits per heavy atom. The zero-order valence-electron chi connectivity index (χ0n) is 14.0. The molecule has 3 aromatic rings. The van der Waals surface area contributed by atoms with Crippen LogP contribution in [0.15, 0.2) is 41.2 Å². The summed E-state index contributed by atoms with van der Waals surface area (Å²) in [6, 6.07) is 7.37. The van der Waals surface area contributed by atoms with Gasteiger partial charge in [0.2, 0.25) is 0 Å². The van der Waals surface area contributed by atoms with Gasteiger partial charge in [-0.1, -0.05) is 0 Å². The number of hydrogen-bond acceptors (Lipinski definition) is 5. The molecule has 0 fully saturated rings. The van der Waals surface area contributed by atoms with Gasteiger partial charge in [0.05, 0.1) is 16.8 Å². The zero-order valence-corrected chi connectivity index (χ0v) is 14.0. The number of fused-ring (bicyclic) bond motifs is 1. The Kier molecular flexibility index (Phi) is 4.51. The van der Waals surface area contributed by atoms with Crippen LogP contribution in [0.1, 0.15) is 20.7 Å². The molecule has 1 aromatic heterocycles. The molecule has 0 bridgehead atoms. The summed E-state index contributed by atoms with van der Waals surface area (Å²) in [5.74, 6) is -3.37. The Bertz CT molecular complexity index is 1120. The molecule has 138 valence electrons. The fourth-order valence-corrected chi connectivity index (χ4v) is 2.64. The van der Waals surface area contributed by atoms with Crippen LogP contribution in [0, 0.1) is 5.82 Å². The summed E-state index contributed by atoms with van der Waals surface area (Å²) in [4.78, 5) is 38.0. The van der Waals surface area contributed by atoms with E-state index in [-0.39, 0.29) is 27.8 Å². The van der Waals surface area contributed by atoms with Gasteiger partial charge in [0.25, 0.3) is 11.5 Å². The first-order valence-corrected chi connectivity index (χ1v) is 7.72. The van der Waals surface area contributed by atoms with E-state index in [1.54, 1.807) is 0 Å². The lowest BCUT2D eigenvalue weighted by Crippen LogP contribution is -2.23. The highest BCUT2D eigenvalue weighted by Gasteiger charge is 2.21. The van der Waals surface area contributed by atoms with Crippen molar-refractivity contribution in [3.63, 3.8) is 0 Å². The van der Waals surface area contributed by atoms with E-state index in [1.165, 1.54) is 31.3 Å². The molecule has 0 saturated heterocycles. The second-order valence-electron chi connectivity index (χ2n) is 5.64. The van der Waals surface area contributed by atoms with Crippen LogP contribution in [0.3, 0.4) is 0 Å². The van der Waals surface area contributed by atoms with Crippen LogP contribution in [0.4, 0.5) is 15.8 Å². The molecule has 0 aliphatic rings. The zero-order chi connectivity index (χ0) is 19.7. The molecule has 27 heavy (non-hydrogen) atoms. The van der Waals surface area contributed by atoms with Crippen molar-refractivity contribution in [2.45, 2.75) is 0 Å². The van der Waals surface area contributed by atoms with Crippen molar-refractivity contribution in [2.75, 3.05) is 17.7 Å². The Balaban J connectivity index is 2.04. The molecule has 1 amide bonds. The average Bonchev–Trinajstić information content (AvgIpc) is 2.62. The van der Waals surface area contributed by atoms with E-state index in [1.807, 2.05) is 0 Å². The molecule has 0 saturated carbocycles. The minimum absolute atomic E-state index is 0.0227. The summed E-state index contributed by atoms with van der Waals surface area (Å²) in [5.41, 5.74) is -0.800. The molecule has 2 aromatic carbocycles. The number of hydrogen-bond donors (Lipinski definition) is 5. The fraction of sp³-hybridized carbons (Fsp3) is 0.0556. The summed E-state index contributed by atoms with van der Waals surface area (Å²) in [7, 11) is 1.52. The number of halogens is 1. The monoisotopic (exact) mass is 371 g/mol. The number of pyridine rings is 1. The number of H-pyrrole nitrogens is 1. The first kappa shape index (κ1) is 17.9. The average molecular weight is 371 g/mol. The minimum atomic E-state index is -1.13. The summed E-state index contributed by atoms with van der Waals surface area (Å²) in [5, 5.41) is 24.3. The topological polar surface area (TPSA) is 132 Å². The normalized spacial score (nSPS) is 10.6. The van der Waals surface area contributed by atoms with Crippen LogP contribution >= 0.6 is 0 Å². The number of carbonyl (C=O) groups is 2. The maximum absolute atomic E-state index is 13.8. The van der Waals surface area contributed by atoms with Crippen LogP contribution in [0.25, 0.3) is 10.9 Å². The number of carboxylic acid groups (broad SMARTS) is 1. The summed E-state index contributed by atoms with van der Waals surface area (Å²) in [6.45, 7) is 0. The Morgan fingerprint density at radius 2 is 1.81 bits per heavy atom. The van der Waals surface area contributed by atoms with Crippen LogP contribution in [-0.4, -0.2) is 34.1 Å². The molecule has 5 N–H and O–H groups in total. The van der Waals surface area contributed by atoms with Gasteiger partial charge in [0.15, 0.2) is 0 Å². The SMILES string of the molecule is CNc1cc(F)cc2c(O)c(C(=O)Nc3ccc(C(=O)O)cc3)c(=O)[nH]c12. The smallest absolute Gasteiger partial charge is 0.335 e. The van der Waals surface area contributed by atoms with Gasteiger partial charge in [0, 0.05) is 18.1 Å². The number of aromatic carboxylic acids is 1. The minimum Gasteiger partial charge on any atom is -0.506 e. The maximum atomic E-state index is 13.8. The molecule has 0 atom stereocenters. The largest absolute Gasteiger partial charge is 0.506 e. The lowest BCUT2D eigenvalue weighted by atomic mass is 10.1. The van der Waals surface area contributed by atoms with E-state index in [0.717, 1.165) is 12.1 Å². The third-order valence-electron chi connectivity index (χ3n) is 3.95. The van der Waals surface area contributed by atoms with E-state index in [4.69, 9.17) is 5.11 Å². The first-order chi connectivity index (χ1) is 12.8. The number of carbonyl (C=O) groups excluding carboxylic acids is 1. The van der Waals surface area contributed by atoms with Crippen LogP contribution in [0.5, 0.6) is 5.75 Å². The second-order valence-corrected chi connectivity index (χ2v) is 5.64. The van der Waals surface area contributed by atoms with Gasteiger partial charge in [-0.15, -0.1) is 0 Å². The van der Waals surface area contributed by atoms with Gasteiger partial charge in [-0.3, -0.25) is 9.59 Å². The quantitative estimate of drug-likeness (QED) is 0.478. The fourth-order valence-electron chi connectivity index (χ4n) is 2.64. The Morgan fingerprint density at radius 3 is 2.41 bits per heavy atom. The highest BCUT2D eigenvalue weighted by atomic mass is 19.1. The Hall–Kier alpha value is -3.88.